The Morgan fingerprint density at radius 2 is 1.53 bits per heavy atom. The molecule has 0 saturated carbocycles. The predicted molar refractivity (Wildman–Crippen MR) is 139 cm³/mol. The van der Waals surface area contributed by atoms with Gasteiger partial charge in [-0.15, -0.1) is 0 Å². The molecule has 0 saturated heterocycles. The van der Waals surface area contributed by atoms with Gasteiger partial charge in [-0.05, 0) is 59.2 Å². The minimum Gasteiger partial charge on any atom is -0.488 e. The molecular formula is C27H25IN2O4. The zero-order valence-corrected chi connectivity index (χ0v) is 21.2. The fraction of sp³-hybridized carbons (Fsp3) is 0.185. The minimum absolute atomic E-state index is 0.258. The molecule has 1 N–H and O–H groups in total. The van der Waals surface area contributed by atoms with Crippen molar-refractivity contribution in [1.29, 1.82) is 0 Å². The Morgan fingerprint density at radius 3 is 2.12 bits per heavy atom. The Kier molecular flexibility index (Phi) is 7.84. The highest BCUT2D eigenvalue weighted by Gasteiger charge is 2.24. The third kappa shape index (κ3) is 5.59. The van der Waals surface area contributed by atoms with Crippen molar-refractivity contribution >= 4 is 28.5 Å². The average Bonchev–Trinajstić information content (AvgIpc) is 3.25. The average molecular weight is 568 g/mol. The number of hydrogen-bond donors (Lipinski definition) is 1. The van der Waals surface area contributed by atoms with Crippen LogP contribution < -0.4 is 14.8 Å². The van der Waals surface area contributed by atoms with Gasteiger partial charge in [-0.3, -0.25) is 4.79 Å². The predicted octanol–water partition coefficient (Wildman–Crippen LogP) is 6.16. The van der Waals surface area contributed by atoms with Crippen LogP contribution in [0.25, 0.3) is 11.3 Å². The molecule has 3 aromatic carbocycles. The molecule has 4 aromatic rings. The van der Waals surface area contributed by atoms with E-state index in [0.717, 1.165) is 16.7 Å². The summed E-state index contributed by atoms with van der Waals surface area (Å²) in [6, 6.07) is 23.8. The van der Waals surface area contributed by atoms with Gasteiger partial charge < -0.3 is 19.3 Å². The van der Waals surface area contributed by atoms with E-state index in [9.17, 15) is 4.79 Å². The number of carbonyl (C=O) groups excluding carboxylic acids is 1. The number of aryl methyl sites for hydroxylation is 1. The molecule has 34 heavy (non-hydrogen) atoms. The van der Waals surface area contributed by atoms with E-state index in [1.165, 1.54) is 0 Å². The maximum Gasteiger partial charge on any atom is 0.274 e. The summed E-state index contributed by atoms with van der Waals surface area (Å²) >= 11 is 2.09. The zero-order chi connectivity index (χ0) is 23.9. The lowest BCUT2D eigenvalue weighted by atomic mass is 10.1. The molecule has 0 atom stereocenters. The van der Waals surface area contributed by atoms with Crippen LogP contribution in [0.4, 0.5) is 0 Å². The van der Waals surface area contributed by atoms with Crippen molar-refractivity contribution in [2.75, 3.05) is 6.54 Å². The second-order valence-corrected chi connectivity index (χ2v) is 8.77. The molecule has 1 heterocycles. The molecule has 0 radical (unpaired) electrons. The van der Waals surface area contributed by atoms with Crippen LogP contribution in [0.3, 0.4) is 0 Å². The molecule has 7 heteroatoms. The van der Waals surface area contributed by atoms with Gasteiger partial charge >= 0.3 is 0 Å². The van der Waals surface area contributed by atoms with E-state index in [4.69, 9.17) is 14.0 Å². The fourth-order valence-corrected chi connectivity index (χ4v) is 4.16. The molecule has 0 aliphatic heterocycles. The molecular weight excluding hydrogens is 543 g/mol. The summed E-state index contributed by atoms with van der Waals surface area (Å²) in [5, 5.41) is 6.78. The number of aromatic nitrogens is 1. The largest absolute Gasteiger partial charge is 0.488 e. The topological polar surface area (TPSA) is 73.6 Å². The zero-order valence-electron chi connectivity index (χ0n) is 19.0. The van der Waals surface area contributed by atoms with Gasteiger partial charge in [0, 0.05) is 12.6 Å². The molecule has 4 rings (SSSR count). The summed E-state index contributed by atoms with van der Waals surface area (Å²) < 4.78 is 18.6. The first-order valence-electron chi connectivity index (χ1n) is 11.0. The number of halogens is 1. The van der Waals surface area contributed by atoms with E-state index in [1.54, 1.807) is 0 Å². The normalized spacial score (nSPS) is 10.7. The molecule has 0 unspecified atom stereocenters. The van der Waals surface area contributed by atoms with Crippen molar-refractivity contribution in [2.24, 2.45) is 0 Å². The Labute approximate surface area is 212 Å². The molecule has 0 spiro atoms. The van der Waals surface area contributed by atoms with Crippen molar-refractivity contribution in [2.45, 2.75) is 27.1 Å². The molecule has 0 bridgehead atoms. The maximum absolute atomic E-state index is 12.4. The van der Waals surface area contributed by atoms with Crippen molar-refractivity contribution in [3.8, 4) is 22.8 Å². The summed E-state index contributed by atoms with van der Waals surface area (Å²) in [6.45, 7) is 5.16. The van der Waals surface area contributed by atoms with Crippen molar-refractivity contribution < 1.29 is 18.8 Å². The van der Waals surface area contributed by atoms with Gasteiger partial charge in [0.2, 0.25) is 0 Å². The lowest BCUT2D eigenvalue weighted by molar-refractivity contribution is 0.0946. The van der Waals surface area contributed by atoms with Gasteiger partial charge in [-0.25, -0.2) is 0 Å². The minimum atomic E-state index is -0.270. The number of nitrogens with zero attached hydrogens (tertiary/aromatic N) is 1. The van der Waals surface area contributed by atoms with Crippen LogP contribution >= 0.6 is 22.6 Å². The van der Waals surface area contributed by atoms with E-state index >= 15 is 0 Å². The Hall–Kier alpha value is -3.33. The van der Waals surface area contributed by atoms with Crippen LogP contribution in [0, 0.1) is 10.5 Å². The van der Waals surface area contributed by atoms with Crippen LogP contribution in [0.1, 0.15) is 34.1 Å². The Bertz CT molecular complexity index is 1260. The SMILES string of the molecule is CCNC(=O)c1noc(-c2cc(C)c(OCc3ccccc3)cc2OCc2ccccc2)c1I. The first-order valence-corrected chi connectivity index (χ1v) is 12.1. The summed E-state index contributed by atoms with van der Waals surface area (Å²) in [6.07, 6.45) is 0. The number of hydrogen-bond acceptors (Lipinski definition) is 5. The molecule has 174 valence electrons. The number of ether oxygens (including phenoxy) is 2. The molecule has 1 aromatic heterocycles. The smallest absolute Gasteiger partial charge is 0.274 e. The first-order chi connectivity index (χ1) is 16.6. The van der Waals surface area contributed by atoms with Crippen LogP contribution in [0.2, 0.25) is 0 Å². The van der Waals surface area contributed by atoms with E-state index in [1.807, 2.05) is 86.6 Å². The van der Waals surface area contributed by atoms with Gasteiger partial charge in [0.05, 0.1) is 9.13 Å². The van der Waals surface area contributed by atoms with Crippen molar-refractivity contribution in [3.05, 3.63) is 98.8 Å². The number of carbonyl (C=O) groups is 1. The van der Waals surface area contributed by atoms with E-state index in [-0.39, 0.29) is 11.6 Å². The molecule has 0 fully saturated rings. The highest BCUT2D eigenvalue weighted by molar-refractivity contribution is 14.1. The number of nitrogens with one attached hydrogen (secondary N) is 1. The third-order valence-electron chi connectivity index (χ3n) is 5.18. The second-order valence-electron chi connectivity index (χ2n) is 7.70. The van der Waals surface area contributed by atoms with E-state index in [2.05, 4.69) is 33.1 Å². The quantitative estimate of drug-likeness (QED) is 0.245. The monoisotopic (exact) mass is 568 g/mol. The lowest BCUT2D eigenvalue weighted by Gasteiger charge is -2.15. The molecule has 1 amide bonds. The van der Waals surface area contributed by atoms with Gasteiger partial charge in [0.25, 0.3) is 5.91 Å². The summed E-state index contributed by atoms with van der Waals surface area (Å²) in [4.78, 5) is 12.4. The summed E-state index contributed by atoms with van der Waals surface area (Å²) in [5.74, 6) is 1.53. The van der Waals surface area contributed by atoms with Crippen LogP contribution in [-0.2, 0) is 13.2 Å². The molecule has 0 aliphatic carbocycles. The summed E-state index contributed by atoms with van der Waals surface area (Å²) in [5.41, 5.74) is 4.01. The van der Waals surface area contributed by atoms with Gasteiger partial charge in [-0.1, -0.05) is 65.8 Å². The standard InChI is InChI=1S/C27H25IN2O4/c1-3-29-27(31)25-24(28)26(34-30-25)21-14-18(2)22(32-16-19-10-6-4-7-11-19)15-23(21)33-17-20-12-8-5-9-13-20/h4-15H,3,16-17H2,1-2H3,(H,29,31). The lowest BCUT2D eigenvalue weighted by Crippen LogP contribution is -2.23. The van der Waals surface area contributed by atoms with Crippen LogP contribution in [0.5, 0.6) is 11.5 Å². The molecule has 6 nitrogen and oxygen atoms in total. The Balaban J connectivity index is 1.68. The van der Waals surface area contributed by atoms with Crippen molar-refractivity contribution in [1.82, 2.24) is 10.5 Å². The van der Waals surface area contributed by atoms with E-state index in [0.29, 0.717) is 46.2 Å². The first kappa shape index (κ1) is 23.8. The Morgan fingerprint density at radius 1 is 0.941 bits per heavy atom. The highest BCUT2D eigenvalue weighted by atomic mass is 127. The van der Waals surface area contributed by atoms with E-state index < -0.39 is 0 Å². The summed E-state index contributed by atoms with van der Waals surface area (Å²) in [7, 11) is 0. The van der Waals surface area contributed by atoms with Crippen LogP contribution in [0.15, 0.2) is 77.3 Å². The fourth-order valence-electron chi connectivity index (χ4n) is 3.42. The highest BCUT2D eigenvalue weighted by Crippen LogP contribution is 2.39. The number of amides is 1. The number of rotatable bonds is 9. The van der Waals surface area contributed by atoms with Gasteiger partial charge in [0.1, 0.15) is 24.7 Å². The van der Waals surface area contributed by atoms with Gasteiger partial charge in [0.15, 0.2) is 11.5 Å². The second kappa shape index (κ2) is 11.2. The third-order valence-corrected chi connectivity index (χ3v) is 6.18. The number of benzene rings is 3. The van der Waals surface area contributed by atoms with Crippen LogP contribution in [-0.4, -0.2) is 17.6 Å². The maximum atomic E-state index is 12.4. The molecule has 0 aliphatic rings. The van der Waals surface area contributed by atoms with Crippen molar-refractivity contribution in [3.63, 3.8) is 0 Å². The van der Waals surface area contributed by atoms with Gasteiger partial charge in [-0.2, -0.15) is 0 Å².